The normalized spacial score (nSPS) is 14.6. The second-order valence-electron chi connectivity index (χ2n) is 9.79. The van der Waals surface area contributed by atoms with E-state index in [1.165, 1.54) is 12.1 Å². The molecule has 1 fully saturated rings. The van der Waals surface area contributed by atoms with Crippen LogP contribution in [0.25, 0.3) is 16.9 Å². The van der Waals surface area contributed by atoms with E-state index in [1.807, 2.05) is 6.92 Å². The minimum absolute atomic E-state index is 0.110. The number of anilines is 1. The molecule has 9 nitrogen and oxygen atoms in total. The van der Waals surface area contributed by atoms with Crippen LogP contribution in [0.4, 0.5) is 18.9 Å². The molecule has 212 valence electrons. The number of sulfonamides is 1. The molecule has 4 aromatic rings. The second-order valence-corrected chi connectivity index (χ2v) is 11.5. The fourth-order valence-corrected chi connectivity index (χ4v) is 5.97. The van der Waals surface area contributed by atoms with Crippen molar-refractivity contribution in [1.82, 2.24) is 19.6 Å². The van der Waals surface area contributed by atoms with Crippen LogP contribution in [0, 0.1) is 6.92 Å². The molecule has 0 saturated heterocycles. The molecule has 40 heavy (non-hydrogen) atoms. The SMILES string of the molecule is CCCOc1ccc(NS(=O)(=O)c2ccc(C(F)(F)F)cc2)cc1-c1nn2c(C3CCCC3)nc(C)c2c(=O)[nH]1. The third kappa shape index (κ3) is 5.42. The van der Waals surface area contributed by atoms with Crippen molar-refractivity contribution in [2.45, 2.75) is 62.9 Å². The Hall–Kier alpha value is -3.87. The first kappa shape index (κ1) is 27.7. The molecule has 1 aliphatic rings. The van der Waals surface area contributed by atoms with Crippen LogP contribution < -0.4 is 15.0 Å². The Balaban J connectivity index is 1.56. The molecule has 2 aromatic carbocycles. The van der Waals surface area contributed by atoms with Gasteiger partial charge in [0.2, 0.25) is 0 Å². The van der Waals surface area contributed by atoms with Gasteiger partial charge >= 0.3 is 6.18 Å². The third-order valence-corrected chi connectivity index (χ3v) is 8.26. The van der Waals surface area contributed by atoms with Gasteiger partial charge in [-0.25, -0.2) is 17.9 Å². The van der Waals surface area contributed by atoms with Crippen molar-refractivity contribution >= 4 is 21.2 Å². The molecule has 1 aliphatic carbocycles. The number of nitrogens with one attached hydrogen (secondary N) is 2. The van der Waals surface area contributed by atoms with Gasteiger partial charge in [0, 0.05) is 11.6 Å². The fourth-order valence-electron chi connectivity index (χ4n) is 4.92. The molecule has 5 rings (SSSR count). The zero-order valence-electron chi connectivity index (χ0n) is 21.9. The predicted molar refractivity (Wildman–Crippen MR) is 143 cm³/mol. The highest BCUT2D eigenvalue weighted by molar-refractivity contribution is 7.92. The number of aromatic amines is 1. The number of aryl methyl sites for hydroxylation is 1. The average molecular weight is 576 g/mol. The summed E-state index contributed by atoms with van der Waals surface area (Å²) < 4.78 is 74.6. The molecule has 2 aromatic heterocycles. The van der Waals surface area contributed by atoms with Crippen molar-refractivity contribution in [3.8, 4) is 17.1 Å². The van der Waals surface area contributed by atoms with Gasteiger partial charge in [0.1, 0.15) is 11.6 Å². The van der Waals surface area contributed by atoms with Crippen molar-refractivity contribution in [2.75, 3.05) is 11.3 Å². The van der Waals surface area contributed by atoms with Gasteiger partial charge in [-0.15, -0.1) is 5.10 Å². The molecule has 0 amide bonds. The number of H-pyrrole nitrogens is 1. The highest BCUT2D eigenvalue weighted by Gasteiger charge is 2.31. The van der Waals surface area contributed by atoms with E-state index in [4.69, 9.17) is 9.84 Å². The number of halogens is 3. The van der Waals surface area contributed by atoms with Gasteiger partial charge in [-0.2, -0.15) is 13.2 Å². The molecular formula is C27H28F3N5O4S. The lowest BCUT2D eigenvalue weighted by Crippen LogP contribution is -2.17. The van der Waals surface area contributed by atoms with E-state index in [2.05, 4.69) is 14.7 Å². The van der Waals surface area contributed by atoms with Gasteiger partial charge in [0.05, 0.1) is 28.3 Å². The number of hydrogen-bond donors (Lipinski definition) is 2. The summed E-state index contributed by atoms with van der Waals surface area (Å²) in [5.74, 6) is 1.44. The van der Waals surface area contributed by atoms with Gasteiger partial charge in [-0.05, 0) is 68.7 Å². The lowest BCUT2D eigenvalue weighted by molar-refractivity contribution is -0.137. The zero-order valence-corrected chi connectivity index (χ0v) is 22.7. The highest BCUT2D eigenvalue weighted by Crippen LogP contribution is 2.35. The Morgan fingerprint density at radius 2 is 1.82 bits per heavy atom. The Morgan fingerprint density at radius 3 is 2.48 bits per heavy atom. The number of nitrogens with zero attached hydrogens (tertiary/aromatic N) is 3. The summed E-state index contributed by atoms with van der Waals surface area (Å²) in [6.45, 7) is 4.06. The van der Waals surface area contributed by atoms with Crippen LogP contribution >= 0.6 is 0 Å². The molecule has 1 saturated carbocycles. The van der Waals surface area contributed by atoms with Crippen LogP contribution in [0.2, 0.25) is 0 Å². The number of fused-ring (bicyclic) bond motifs is 1. The third-order valence-electron chi connectivity index (χ3n) is 6.86. The topological polar surface area (TPSA) is 118 Å². The molecule has 0 unspecified atom stereocenters. The summed E-state index contributed by atoms with van der Waals surface area (Å²) in [6.07, 6.45) is 0.172. The van der Waals surface area contributed by atoms with Gasteiger partial charge in [0.25, 0.3) is 15.6 Å². The van der Waals surface area contributed by atoms with Crippen LogP contribution in [-0.2, 0) is 16.2 Å². The first-order valence-corrected chi connectivity index (χ1v) is 14.4. The van der Waals surface area contributed by atoms with Crippen molar-refractivity contribution in [3.05, 3.63) is 69.9 Å². The molecule has 0 radical (unpaired) electrons. The van der Waals surface area contributed by atoms with E-state index < -0.39 is 27.3 Å². The number of ether oxygens (including phenoxy) is 1. The number of benzene rings is 2. The standard InChI is InChI=1S/C27H28F3N5O4S/c1-3-14-39-22-13-10-19(34-40(37,38)20-11-8-18(9-12-20)27(28,29)30)15-21(22)24-32-26(36)23-16(2)31-25(35(23)33-24)17-6-4-5-7-17/h8-13,15,17,34H,3-7,14H2,1-2H3,(H,32,33,36). The molecule has 2 N–H and O–H groups in total. The number of rotatable bonds is 8. The van der Waals surface area contributed by atoms with E-state index in [0.717, 1.165) is 37.8 Å². The Labute approximate surface area is 228 Å². The molecule has 0 bridgehead atoms. The number of alkyl halides is 3. The van der Waals surface area contributed by atoms with Gasteiger partial charge < -0.3 is 9.72 Å². The van der Waals surface area contributed by atoms with E-state index in [9.17, 15) is 26.4 Å². The van der Waals surface area contributed by atoms with Crippen molar-refractivity contribution in [1.29, 1.82) is 0 Å². The Morgan fingerprint density at radius 1 is 1.12 bits per heavy atom. The Bertz CT molecular complexity index is 1710. The van der Waals surface area contributed by atoms with E-state index in [0.29, 0.717) is 53.5 Å². The Kier molecular flexibility index (Phi) is 7.34. The van der Waals surface area contributed by atoms with Gasteiger partial charge in [0.15, 0.2) is 11.3 Å². The summed E-state index contributed by atoms with van der Waals surface area (Å²) >= 11 is 0. The van der Waals surface area contributed by atoms with Crippen molar-refractivity contribution < 1.29 is 26.3 Å². The maximum absolute atomic E-state index is 13.2. The summed E-state index contributed by atoms with van der Waals surface area (Å²) in [4.78, 5) is 20.2. The first-order valence-electron chi connectivity index (χ1n) is 12.9. The largest absolute Gasteiger partial charge is 0.493 e. The minimum Gasteiger partial charge on any atom is -0.493 e. The van der Waals surface area contributed by atoms with E-state index >= 15 is 0 Å². The van der Waals surface area contributed by atoms with Crippen molar-refractivity contribution in [2.24, 2.45) is 0 Å². The van der Waals surface area contributed by atoms with Crippen LogP contribution in [-0.4, -0.2) is 34.6 Å². The molecule has 0 spiro atoms. The number of hydrogen-bond acceptors (Lipinski definition) is 6. The highest BCUT2D eigenvalue weighted by atomic mass is 32.2. The van der Waals surface area contributed by atoms with Gasteiger partial charge in [-0.1, -0.05) is 19.8 Å². The molecular weight excluding hydrogens is 547 g/mol. The quantitative estimate of drug-likeness (QED) is 0.280. The smallest absolute Gasteiger partial charge is 0.416 e. The number of imidazole rings is 1. The zero-order chi connectivity index (χ0) is 28.7. The van der Waals surface area contributed by atoms with E-state index in [1.54, 1.807) is 17.5 Å². The first-order chi connectivity index (χ1) is 19.0. The molecule has 2 heterocycles. The maximum atomic E-state index is 13.2. The monoisotopic (exact) mass is 575 g/mol. The lowest BCUT2D eigenvalue weighted by atomic mass is 10.1. The minimum atomic E-state index is -4.59. The number of aromatic nitrogens is 4. The van der Waals surface area contributed by atoms with Gasteiger partial charge in [-0.3, -0.25) is 9.52 Å². The summed E-state index contributed by atoms with van der Waals surface area (Å²) in [5.41, 5.74) is 0.0198. The molecule has 13 heteroatoms. The summed E-state index contributed by atoms with van der Waals surface area (Å²) in [7, 11) is -4.23. The van der Waals surface area contributed by atoms with Crippen molar-refractivity contribution in [3.63, 3.8) is 0 Å². The van der Waals surface area contributed by atoms with Crippen LogP contribution in [0.15, 0.2) is 52.2 Å². The molecule has 0 aliphatic heterocycles. The second kappa shape index (κ2) is 10.6. The predicted octanol–water partition coefficient (Wildman–Crippen LogP) is 5.66. The average Bonchev–Trinajstić information content (AvgIpc) is 3.55. The molecule has 0 atom stereocenters. The summed E-state index contributed by atoms with van der Waals surface area (Å²) in [6, 6.07) is 7.69. The summed E-state index contributed by atoms with van der Waals surface area (Å²) in [5, 5.41) is 4.70. The lowest BCUT2D eigenvalue weighted by Gasteiger charge is -2.15. The van der Waals surface area contributed by atoms with Crippen LogP contribution in [0.5, 0.6) is 5.75 Å². The van der Waals surface area contributed by atoms with E-state index in [-0.39, 0.29) is 22.3 Å². The van der Waals surface area contributed by atoms with Crippen LogP contribution in [0.1, 0.15) is 62.0 Å². The fraction of sp³-hybridized carbons (Fsp3) is 0.370. The van der Waals surface area contributed by atoms with Crippen LogP contribution in [0.3, 0.4) is 0 Å². The maximum Gasteiger partial charge on any atom is 0.416 e.